The first-order valence-corrected chi connectivity index (χ1v) is 3.58. The largest absolute Gasteiger partial charge is 0.317 e. The third-order valence-electron chi connectivity index (χ3n) is 1.66. The van der Waals surface area contributed by atoms with Gasteiger partial charge >= 0.3 is 0 Å². The fourth-order valence-electron chi connectivity index (χ4n) is 1.05. The summed E-state index contributed by atoms with van der Waals surface area (Å²) in [6.45, 7) is 1.87. The Hall–Kier alpha value is -0.0800. The van der Waals surface area contributed by atoms with Crippen molar-refractivity contribution >= 4 is 16.8 Å². The molecule has 0 atom stereocenters. The van der Waals surface area contributed by atoms with Crippen LogP contribution < -0.4 is 5.32 Å². The summed E-state index contributed by atoms with van der Waals surface area (Å²) < 4.78 is 0. The molecule has 1 aliphatic heterocycles. The number of carbonyl (C=O) groups excluding carboxylic acids is 1. The highest BCUT2D eigenvalue weighted by Gasteiger charge is 2.18. The molecule has 2 nitrogen and oxygen atoms in total. The molecule has 1 fully saturated rings. The van der Waals surface area contributed by atoms with Gasteiger partial charge in [0, 0.05) is 5.92 Å². The molecule has 0 bridgehead atoms. The van der Waals surface area contributed by atoms with Crippen molar-refractivity contribution in [2.75, 3.05) is 13.1 Å². The summed E-state index contributed by atoms with van der Waals surface area (Å²) in [6.07, 6.45) is 1.81. The molecule has 0 aromatic carbocycles. The van der Waals surface area contributed by atoms with E-state index in [0.717, 1.165) is 25.9 Å². The van der Waals surface area contributed by atoms with Gasteiger partial charge in [0.1, 0.15) is 0 Å². The number of hydrogen-bond donors (Lipinski definition) is 1. The average molecular weight is 148 g/mol. The Balaban J connectivity index is 2.31. The molecule has 3 heteroatoms. The lowest BCUT2D eigenvalue weighted by atomic mass is 10.0. The highest BCUT2D eigenvalue weighted by Crippen LogP contribution is 2.13. The van der Waals surface area contributed by atoms with E-state index in [1.165, 1.54) is 0 Å². The Morgan fingerprint density at radius 1 is 1.44 bits per heavy atom. The van der Waals surface area contributed by atoms with E-state index in [0.29, 0.717) is 0 Å². The predicted molar refractivity (Wildman–Crippen MR) is 36.5 cm³/mol. The SMILES string of the molecule is O=C(Cl)C1CCNCC1. The molecule has 1 saturated heterocycles. The van der Waals surface area contributed by atoms with Crippen LogP contribution in [0.15, 0.2) is 0 Å². The van der Waals surface area contributed by atoms with Crippen LogP contribution in [0, 0.1) is 5.92 Å². The second-order valence-corrected chi connectivity index (χ2v) is 2.70. The first-order valence-electron chi connectivity index (χ1n) is 3.21. The lowest BCUT2D eigenvalue weighted by molar-refractivity contribution is -0.115. The quantitative estimate of drug-likeness (QED) is 0.555. The molecule has 0 aliphatic carbocycles. The van der Waals surface area contributed by atoms with E-state index in [1.54, 1.807) is 0 Å². The third kappa shape index (κ3) is 1.95. The number of hydrogen-bond acceptors (Lipinski definition) is 2. The molecule has 1 heterocycles. The van der Waals surface area contributed by atoms with Crippen LogP contribution in [0.5, 0.6) is 0 Å². The van der Waals surface area contributed by atoms with E-state index in [-0.39, 0.29) is 11.2 Å². The highest BCUT2D eigenvalue weighted by molar-refractivity contribution is 6.63. The Morgan fingerprint density at radius 2 is 2.00 bits per heavy atom. The van der Waals surface area contributed by atoms with E-state index in [1.807, 2.05) is 0 Å². The molecule has 1 rings (SSSR count). The summed E-state index contributed by atoms with van der Waals surface area (Å²) in [5.74, 6) is 0.118. The van der Waals surface area contributed by atoms with Gasteiger partial charge in [0.15, 0.2) is 0 Å². The summed E-state index contributed by atoms with van der Waals surface area (Å²) in [5.41, 5.74) is 0. The van der Waals surface area contributed by atoms with Gasteiger partial charge in [0.2, 0.25) is 5.24 Å². The highest BCUT2D eigenvalue weighted by atomic mass is 35.5. The van der Waals surface area contributed by atoms with Crippen molar-refractivity contribution in [3.63, 3.8) is 0 Å². The van der Waals surface area contributed by atoms with Gasteiger partial charge in [-0.25, -0.2) is 0 Å². The van der Waals surface area contributed by atoms with Crippen LogP contribution in [0.3, 0.4) is 0 Å². The van der Waals surface area contributed by atoms with E-state index >= 15 is 0 Å². The number of rotatable bonds is 1. The Bertz CT molecular complexity index is 110. The van der Waals surface area contributed by atoms with Crippen molar-refractivity contribution in [2.24, 2.45) is 5.92 Å². The third-order valence-corrected chi connectivity index (χ3v) is 1.97. The summed E-state index contributed by atoms with van der Waals surface area (Å²) in [4.78, 5) is 10.5. The van der Waals surface area contributed by atoms with Crippen molar-refractivity contribution < 1.29 is 4.79 Å². The van der Waals surface area contributed by atoms with Gasteiger partial charge in [-0.15, -0.1) is 0 Å². The van der Waals surface area contributed by atoms with Crippen LogP contribution in [0.2, 0.25) is 0 Å². The molecule has 0 spiro atoms. The molecule has 0 aromatic rings. The fourth-order valence-corrected chi connectivity index (χ4v) is 1.27. The van der Waals surface area contributed by atoms with Gasteiger partial charge in [-0.1, -0.05) is 0 Å². The molecular formula is C6H10ClNO. The normalized spacial score (nSPS) is 21.9. The van der Waals surface area contributed by atoms with E-state index < -0.39 is 0 Å². The molecule has 0 amide bonds. The molecule has 0 unspecified atom stereocenters. The number of halogens is 1. The Morgan fingerprint density at radius 3 is 2.33 bits per heavy atom. The van der Waals surface area contributed by atoms with Crippen LogP contribution in [0.25, 0.3) is 0 Å². The lowest BCUT2D eigenvalue weighted by Gasteiger charge is -2.18. The molecule has 0 radical (unpaired) electrons. The molecule has 0 aromatic heterocycles. The minimum Gasteiger partial charge on any atom is -0.317 e. The van der Waals surface area contributed by atoms with E-state index in [4.69, 9.17) is 11.6 Å². The Kier molecular flexibility index (Phi) is 2.49. The van der Waals surface area contributed by atoms with Gasteiger partial charge in [-0.05, 0) is 37.5 Å². The second-order valence-electron chi connectivity index (χ2n) is 2.33. The van der Waals surface area contributed by atoms with E-state index in [2.05, 4.69) is 5.32 Å². The zero-order valence-corrected chi connectivity index (χ0v) is 5.95. The van der Waals surface area contributed by atoms with Crippen LogP contribution in [0.4, 0.5) is 0 Å². The van der Waals surface area contributed by atoms with Crippen molar-refractivity contribution in [2.45, 2.75) is 12.8 Å². The zero-order valence-electron chi connectivity index (χ0n) is 5.19. The van der Waals surface area contributed by atoms with Gasteiger partial charge in [0.25, 0.3) is 0 Å². The summed E-state index contributed by atoms with van der Waals surface area (Å²) in [5, 5.41) is 2.99. The summed E-state index contributed by atoms with van der Waals surface area (Å²) in [6, 6.07) is 0. The fraction of sp³-hybridized carbons (Fsp3) is 0.833. The molecule has 0 saturated carbocycles. The number of carbonyl (C=O) groups is 1. The average Bonchev–Trinajstić information content (AvgIpc) is 1.90. The van der Waals surface area contributed by atoms with Crippen molar-refractivity contribution in [1.82, 2.24) is 5.32 Å². The minimum atomic E-state index is -0.170. The number of piperidine rings is 1. The van der Waals surface area contributed by atoms with Crippen molar-refractivity contribution in [3.05, 3.63) is 0 Å². The monoisotopic (exact) mass is 147 g/mol. The maximum absolute atomic E-state index is 10.5. The first kappa shape index (κ1) is 7.03. The van der Waals surface area contributed by atoms with Gasteiger partial charge in [0.05, 0.1) is 0 Å². The molecule has 52 valence electrons. The van der Waals surface area contributed by atoms with Crippen LogP contribution in [0.1, 0.15) is 12.8 Å². The minimum absolute atomic E-state index is 0.118. The number of nitrogens with one attached hydrogen (secondary N) is 1. The molecule has 1 aliphatic rings. The molecule has 9 heavy (non-hydrogen) atoms. The van der Waals surface area contributed by atoms with Gasteiger partial charge < -0.3 is 5.32 Å². The summed E-state index contributed by atoms with van der Waals surface area (Å²) in [7, 11) is 0. The van der Waals surface area contributed by atoms with E-state index in [9.17, 15) is 4.79 Å². The van der Waals surface area contributed by atoms with Crippen LogP contribution in [-0.4, -0.2) is 18.3 Å². The molecule has 1 N–H and O–H groups in total. The zero-order chi connectivity index (χ0) is 6.69. The predicted octanol–water partition coefficient (Wildman–Crippen LogP) is 0.751. The van der Waals surface area contributed by atoms with Crippen molar-refractivity contribution in [1.29, 1.82) is 0 Å². The smallest absolute Gasteiger partial charge is 0.224 e. The van der Waals surface area contributed by atoms with Crippen molar-refractivity contribution in [3.8, 4) is 0 Å². The van der Waals surface area contributed by atoms with Crippen LogP contribution in [-0.2, 0) is 4.79 Å². The molecular weight excluding hydrogens is 138 g/mol. The summed E-state index contributed by atoms with van der Waals surface area (Å²) >= 11 is 5.29. The maximum atomic E-state index is 10.5. The Labute approximate surface area is 59.6 Å². The maximum Gasteiger partial charge on any atom is 0.224 e. The topological polar surface area (TPSA) is 29.1 Å². The first-order chi connectivity index (χ1) is 4.30. The van der Waals surface area contributed by atoms with Gasteiger partial charge in [-0.3, -0.25) is 4.79 Å². The lowest BCUT2D eigenvalue weighted by Crippen LogP contribution is -2.30. The van der Waals surface area contributed by atoms with Crippen LogP contribution >= 0.6 is 11.6 Å². The van der Waals surface area contributed by atoms with Gasteiger partial charge in [-0.2, -0.15) is 0 Å². The standard InChI is InChI=1S/C6H10ClNO/c7-6(9)5-1-3-8-4-2-5/h5,8H,1-4H2. The second kappa shape index (κ2) is 3.18.